The van der Waals surface area contributed by atoms with E-state index in [1.54, 1.807) is 30.0 Å². The van der Waals surface area contributed by atoms with E-state index in [1.807, 2.05) is 54.6 Å². The quantitative estimate of drug-likeness (QED) is 0.276. The summed E-state index contributed by atoms with van der Waals surface area (Å²) in [7, 11) is 0. The molecule has 11 heteroatoms. The average Bonchev–Trinajstić information content (AvgIpc) is 3.03. The number of hydrogen-bond donors (Lipinski definition) is 4. The Balaban J connectivity index is 1.03. The zero-order chi connectivity index (χ0) is 31.6. The predicted molar refractivity (Wildman–Crippen MR) is 173 cm³/mol. The fourth-order valence-corrected chi connectivity index (χ4v) is 5.66. The van der Waals surface area contributed by atoms with E-state index in [2.05, 4.69) is 26.2 Å². The second-order valence-electron chi connectivity index (χ2n) is 11.3. The number of carbonyl (C=O) groups is 4. The van der Waals surface area contributed by atoms with Crippen LogP contribution in [0.3, 0.4) is 0 Å². The summed E-state index contributed by atoms with van der Waals surface area (Å²) >= 11 is 0. The number of anilines is 2. The molecule has 0 unspecified atom stereocenters. The molecular formula is C34H40N6O5. The van der Waals surface area contributed by atoms with Gasteiger partial charge in [0.2, 0.25) is 11.8 Å². The molecule has 0 saturated carbocycles. The van der Waals surface area contributed by atoms with E-state index in [1.165, 1.54) is 0 Å². The Bertz CT molecular complexity index is 1510. The van der Waals surface area contributed by atoms with E-state index in [9.17, 15) is 19.2 Å². The molecule has 2 aliphatic heterocycles. The van der Waals surface area contributed by atoms with Gasteiger partial charge in [-0.25, -0.2) is 4.79 Å². The number of benzene rings is 3. The Morgan fingerprint density at radius 3 is 2.38 bits per heavy atom. The molecule has 0 aromatic heterocycles. The number of nitrogens with zero attached hydrogens (tertiary/aromatic N) is 2. The van der Waals surface area contributed by atoms with Crippen molar-refractivity contribution in [2.24, 2.45) is 0 Å². The number of piperidine rings is 1. The monoisotopic (exact) mass is 612 g/mol. The van der Waals surface area contributed by atoms with Crippen molar-refractivity contribution >= 4 is 35.2 Å². The summed E-state index contributed by atoms with van der Waals surface area (Å²) in [6, 6.07) is 22.8. The molecule has 0 radical (unpaired) electrons. The molecule has 236 valence electrons. The molecule has 0 bridgehead atoms. The molecule has 11 nitrogen and oxygen atoms in total. The van der Waals surface area contributed by atoms with Crippen LogP contribution in [0.15, 0.2) is 72.8 Å². The number of piperazine rings is 1. The number of ether oxygens (including phenoxy) is 1. The third-order valence-electron chi connectivity index (χ3n) is 8.11. The highest BCUT2D eigenvalue weighted by molar-refractivity contribution is 6.00. The second kappa shape index (κ2) is 15.3. The van der Waals surface area contributed by atoms with Gasteiger partial charge in [-0.3, -0.25) is 24.6 Å². The minimum atomic E-state index is -0.461. The lowest BCUT2D eigenvalue weighted by Crippen LogP contribution is -2.49. The van der Waals surface area contributed by atoms with Gasteiger partial charge in [0.25, 0.3) is 5.91 Å². The molecule has 3 aromatic carbocycles. The molecule has 2 heterocycles. The Hall–Kier alpha value is -4.74. The van der Waals surface area contributed by atoms with Crippen molar-refractivity contribution in [1.82, 2.24) is 20.4 Å². The van der Waals surface area contributed by atoms with Crippen LogP contribution in [-0.2, 0) is 14.3 Å². The number of rotatable bonds is 10. The molecule has 0 spiro atoms. The largest absolute Gasteiger partial charge is 0.446 e. The van der Waals surface area contributed by atoms with Crippen LogP contribution in [0.25, 0.3) is 11.1 Å². The van der Waals surface area contributed by atoms with E-state index in [0.717, 1.165) is 24.2 Å². The fraction of sp³-hybridized carbons (Fsp3) is 0.353. The van der Waals surface area contributed by atoms with Crippen LogP contribution < -0.4 is 21.3 Å². The van der Waals surface area contributed by atoms with Gasteiger partial charge in [-0.05, 0) is 49.1 Å². The maximum absolute atomic E-state index is 13.0. The van der Waals surface area contributed by atoms with Crippen molar-refractivity contribution in [3.05, 3.63) is 83.9 Å². The summed E-state index contributed by atoms with van der Waals surface area (Å²) in [6.07, 6.45) is 0.791. The molecular weight excluding hydrogens is 572 g/mol. The molecule has 2 fully saturated rings. The van der Waals surface area contributed by atoms with Gasteiger partial charge in [-0.1, -0.05) is 54.6 Å². The predicted octanol–water partition coefficient (Wildman–Crippen LogP) is 3.48. The lowest BCUT2D eigenvalue weighted by Gasteiger charge is -2.31. The molecule has 4 amide bonds. The van der Waals surface area contributed by atoms with Crippen molar-refractivity contribution in [2.75, 3.05) is 63.0 Å². The van der Waals surface area contributed by atoms with E-state index in [-0.39, 0.29) is 36.9 Å². The first kappa shape index (κ1) is 31.7. The Morgan fingerprint density at radius 2 is 1.60 bits per heavy atom. The van der Waals surface area contributed by atoms with Crippen LogP contribution in [0.2, 0.25) is 0 Å². The van der Waals surface area contributed by atoms with Crippen molar-refractivity contribution in [3.63, 3.8) is 0 Å². The number of hydrogen-bond acceptors (Lipinski definition) is 7. The maximum atomic E-state index is 13.0. The molecule has 45 heavy (non-hydrogen) atoms. The second-order valence-corrected chi connectivity index (χ2v) is 11.3. The van der Waals surface area contributed by atoms with Crippen molar-refractivity contribution in [3.8, 4) is 11.1 Å². The standard InChI is InChI=1S/C34H40N6O5/c1-24-27(11-7-13-29(24)37-32(42)23-40-21-16-35-31(41)22-40)33(43)36-17-20-39-18-14-26(15-19-39)45-34(44)38-30-12-6-5-10-28(30)25-8-3-2-4-9-25/h2-13,26H,14-23H2,1H3,(H,35,41)(H,36,43)(H,37,42)(H,38,44). The third-order valence-corrected chi connectivity index (χ3v) is 8.11. The van der Waals surface area contributed by atoms with Gasteiger partial charge in [0.1, 0.15) is 6.10 Å². The zero-order valence-electron chi connectivity index (χ0n) is 25.5. The summed E-state index contributed by atoms with van der Waals surface area (Å²) in [6.45, 7) is 5.90. The summed E-state index contributed by atoms with van der Waals surface area (Å²) in [4.78, 5) is 53.9. The number of para-hydroxylation sites is 1. The molecule has 0 atom stereocenters. The first-order valence-electron chi connectivity index (χ1n) is 15.4. The van der Waals surface area contributed by atoms with Gasteiger partial charge in [0, 0.05) is 56.1 Å². The highest BCUT2D eigenvalue weighted by Gasteiger charge is 2.23. The van der Waals surface area contributed by atoms with E-state index in [0.29, 0.717) is 61.5 Å². The van der Waals surface area contributed by atoms with Crippen LogP contribution in [0.4, 0.5) is 16.2 Å². The number of amides is 4. The zero-order valence-corrected chi connectivity index (χ0v) is 25.5. The Labute approximate surface area is 263 Å². The number of nitrogens with one attached hydrogen (secondary N) is 4. The topological polar surface area (TPSA) is 132 Å². The smallest absolute Gasteiger partial charge is 0.411 e. The summed E-state index contributed by atoms with van der Waals surface area (Å²) < 4.78 is 5.74. The number of likely N-dealkylation sites (tertiary alicyclic amines) is 1. The van der Waals surface area contributed by atoms with Crippen LogP contribution >= 0.6 is 0 Å². The summed E-state index contributed by atoms with van der Waals surface area (Å²) in [5.41, 5.74) is 4.41. The number of carbonyl (C=O) groups excluding carboxylic acids is 4. The van der Waals surface area contributed by atoms with Gasteiger partial charge >= 0.3 is 6.09 Å². The van der Waals surface area contributed by atoms with Crippen molar-refractivity contribution in [2.45, 2.75) is 25.9 Å². The minimum absolute atomic E-state index is 0.0920. The molecule has 4 N–H and O–H groups in total. The molecule has 0 aliphatic carbocycles. The molecule has 3 aromatic rings. The lowest BCUT2D eigenvalue weighted by atomic mass is 10.0. The first-order valence-corrected chi connectivity index (χ1v) is 15.4. The Kier molecular flexibility index (Phi) is 10.8. The maximum Gasteiger partial charge on any atom is 0.411 e. The minimum Gasteiger partial charge on any atom is -0.446 e. The molecule has 2 aliphatic rings. The van der Waals surface area contributed by atoms with Crippen molar-refractivity contribution < 1.29 is 23.9 Å². The first-order chi connectivity index (χ1) is 21.9. The SMILES string of the molecule is Cc1c(NC(=O)CN2CCNC(=O)C2)cccc1C(=O)NCCN1CCC(OC(=O)Nc2ccccc2-c2ccccc2)CC1. The van der Waals surface area contributed by atoms with Crippen LogP contribution in [0.1, 0.15) is 28.8 Å². The van der Waals surface area contributed by atoms with Gasteiger partial charge in [-0.2, -0.15) is 0 Å². The van der Waals surface area contributed by atoms with Gasteiger partial charge in [-0.15, -0.1) is 0 Å². The molecule has 5 rings (SSSR count). The fourth-order valence-electron chi connectivity index (χ4n) is 5.66. The van der Waals surface area contributed by atoms with E-state index >= 15 is 0 Å². The van der Waals surface area contributed by atoms with Crippen molar-refractivity contribution in [1.29, 1.82) is 0 Å². The van der Waals surface area contributed by atoms with Gasteiger partial charge < -0.3 is 25.6 Å². The van der Waals surface area contributed by atoms with Crippen LogP contribution in [-0.4, -0.2) is 92.1 Å². The van der Waals surface area contributed by atoms with E-state index in [4.69, 9.17) is 4.74 Å². The lowest BCUT2D eigenvalue weighted by molar-refractivity contribution is -0.125. The third kappa shape index (κ3) is 8.90. The summed E-state index contributed by atoms with van der Waals surface area (Å²) in [5.74, 6) is -0.528. The normalized spacial score (nSPS) is 16.0. The highest BCUT2D eigenvalue weighted by atomic mass is 16.6. The van der Waals surface area contributed by atoms with Gasteiger partial charge in [0.15, 0.2) is 0 Å². The van der Waals surface area contributed by atoms with Gasteiger partial charge in [0.05, 0.1) is 18.8 Å². The summed E-state index contributed by atoms with van der Waals surface area (Å²) in [5, 5.41) is 11.5. The Morgan fingerprint density at radius 1 is 0.867 bits per heavy atom. The molecule has 2 saturated heterocycles. The average molecular weight is 613 g/mol. The van der Waals surface area contributed by atoms with Crippen LogP contribution in [0, 0.1) is 6.92 Å². The van der Waals surface area contributed by atoms with E-state index < -0.39 is 6.09 Å². The van der Waals surface area contributed by atoms with Crippen LogP contribution in [0.5, 0.6) is 0 Å². The highest BCUT2D eigenvalue weighted by Crippen LogP contribution is 2.28.